The van der Waals surface area contributed by atoms with Crippen molar-refractivity contribution < 1.29 is 0 Å². The molecule has 0 radical (unpaired) electrons. The number of imidazole rings is 1. The third-order valence-electron chi connectivity index (χ3n) is 2.75. The van der Waals surface area contributed by atoms with Crippen LogP contribution in [0.4, 0.5) is 0 Å². The molecule has 0 saturated heterocycles. The number of nitrogens with zero attached hydrogens (tertiary/aromatic N) is 4. The van der Waals surface area contributed by atoms with Crippen molar-refractivity contribution in [1.82, 2.24) is 19.5 Å². The molecule has 0 atom stereocenters. The molecule has 0 aliphatic carbocycles. The number of fused-ring (bicyclic) bond motifs is 1. The highest BCUT2D eigenvalue weighted by atomic mass is 32.2. The van der Waals surface area contributed by atoms with Crippen molar-refractivity contribution in [2.45, 2.75) is 5.03 Å². The fourth-order valence-electron chi connectivity index (χ4n) is 1.84. The lowest BCUT2D eigenvalue weighted by atomic mass is 10.2. The van der Waals surface area contributed by atoms with E-state index in [4.69, 9.17) is 0 Å². The molecule has 18 heavy (non-hydrogen) atoms. The number of aromatic nitrogens is 4. The highest BCUT2D eigenvalue weighted by Crippen LogP contribution is 2.30. The zero-order valence-electron chi connectivity index (χ0n) is 10.2. The number of rotatable bonds is 2. The molecule has 5 heteroatoms. The minimum absolute atomic E-state index is 0.754. The van der Waals surface area contributed by atoms with Crippen LogP contribution in [-0.2, 0) is 7.05 Å². The van der Waals surface area contributed by atoms with Crippen LogP contribution in [0.25, 0.3) is 22.9 Å². The Morgan fingerprint density at radius 3 is 2.61 bits per heavy atom. The highest BCUT2D eigenvalue weighted by Gasteiger charge is 2.18. The third kappa shape index (κ3) is 1.76. The zero-order valence-corrected chi connectivity index (χ0v) is 11.0. The molecule has 0 unspecified atom stereocenters. The molecule has 0 bridgehead atoms. The first-order valence-electron chi connectivity index (χ1n) is 5.58. The van der Waals surface area contributed by atoms with Crippen LogP contribution in [0.1, 0.15) is 0 Å². The quantitative estimate of drug-likeness (QED) is 0.522. The van der Waals surface area contributed by atoms with E-state index in [1.54, 1.807) is 18.1 Å². The number of hydrogen-bond acceptors (Lipinski definition) is 4. The van der Waals surface area contributed by atoms with Crippen molar-refractivity contribution >= 4 is 11.8 Å². The fourth-order valence-corrected chi connectivity index (χ4v) is 2.33. The molecule has 0 aromatic heterocycles. The zero-order chi connectivity index (χ0) is 12.5. The molecule has 1 aromatic carbocycles. The molecule has 90 valence electrons. The smallest absolute Gasteiger partial charge is 0.164 e. The minimum atomic E-state index is 0.754. The van der Waals surface area contributed by atoms with Crippen LogP contribution < -0.4 is 0 Å². The van der Waals surface area contributed by atoms with E-state index in [2.05, 4.69) is 15.0 Å². The van der Waals surface area contributed by atoms with E-state index in [1.807, 2.05) is 48.2 Å². The lowest BCUT2D eigenvalue weighted by Gasteiger charge is -2.05. The monoisotopic (exact) mass is 256 g/mol. The maximum absolute atomic E-state index is 4.60. The largest absolute Gasteiger partial charge is 0.318 e. The maximum Gasteiger partial charge on any atom is 0.164 e. The Morgan fingerprint density at radius 1 is 1.11 bits per heavy atom. The number of benzene rings is 1. The van der Waals surface area contributed by atoms with Crippen LogP contribution in [0.3, 0.4) is 0 Å². The summed E-state index contributed by atoms with van der Waals surface area (Å²) in [4.78, 5) is 13.5. The number of hydrogen-bond donors (Lipinski definition) is 0. The van der Waals surface area contributed by atoms with Crippen LogP contribution in [0.2, 0.25) is 0 Å². The van der Waals surface area contributed by atoms with Gasteiger partial charge in [0.15, 0.2) is 11.6 Å². The summed E-state index contributed by atoms with van der Waals surface area (Å²) in [5.74, 6) is 1.62. The van der Waals surface area contributed by atoms with Gasteiger partial charge in [-0.1, -0.05) is 30.3 Å². The Balaban J connectivity index is 2.22. The van der Waals surface area contributed by atoms with Gasteiger partial charge in [0.05, 0.1) is 6.33 Å². The van der Waals surface area contributed by atoms with E-state index >= 15 is 0 Å². The van der Waals surface area contributed by atoms with Gasteiger partial charge in [-0.2, -0.15) is 0 Å². The molecule has 1 aromatic rings. The van der Waals surface area contributed by atoms with E-state index in [9.17, 15) is 0 Å². The van der Waals surface area contributed by atoms with E-state index in [1.165, 1.54) is 0 Å². The second kappa shape index (κ2) is 4.42. The predicted octanol–water partition coefficient (Wildman–Crippen LogP) is 2.70. The third-order valence-corrected chi connectivity index (χ3v) is 3.44. The van der Waals surface area contributed by atoms with Crippen LogP contribution >= 0.6 is 11.8 Å². The van der Waals surface area contributed by atoms with Crippen LogP contribution in [0, 0.1) is 0 Å². The highest BCUT2D eigenvalue weighted by molar-refractivity contribution is 7.98. The summed E-state index contributed by atoms with van der Waals surface area (Å²) in [5.41, 5.74) is 1.90. The molecular formula is C13H12N4S. The molecule has 0 fully saturated rings. The average molecular weight is 256 g/mol. The van der Waals surface area contributed by atoms with Gasteiger partial charge in [-0.15, -0.1) is 11.8 Å². The normalized spacial score (nSPS) is 11.0. The topological polar surface area (TPSA) is 43.6 Å². The summed E-state index contributed by atoms with van der Waals surface area (Å²) in [5, 5.41) is 0.915. The standard InChI is InChI=1S/C13H12N4S/c1-17-8-14-13(18-2)10-12(17)16-11(15-10)9-6-4-3-5-7-9/h3-8H,1-2H3. The van der Waals surface area contributed by atoms with Crippen LogP contribution in [-0.4, -0.2) is 25.8 Å². The van der Waals surface area contributed by atoms with Crippen LogP contribution in [0.5, 0.6) is 0 Å². The van der Waals surface area contributed by atoms with Crippen molar-refractivity contribution in [1.29, 1.82) is 0 Å². The first kappa shape index (κ1) is 11.2. The van der Waals surface area contributed by atoms with E-state index in [0.29, 0.717) is 0 Å². The molecule has 2 aliphatic heterocycles. The summed E-state index contributed by atoms with van der Waals surface area (Å²) in [6, 6.07) is 10.00. The summed E-state index contributed by atoms with van der Waals surface area (Å²) < 4.78 is 1.90. The Hall–Kier alpha value is -1.88. The summed E-state index contributed by atoms with van der Waals surface area (Å²) in [6.07, 6.45) is 3.77. The Labute approximate surface area is 109 Å². The van der Waals surface area contributed by atoms with Gasteiger partial charge in [-0.05, 0) is 6.26 Å². The maximum atomic E-state index is 4.60. The lowest BCUT2D eigenvalue weighted by Crippen LogP contribution is -2.00. The van der Waals surface area contributed by atoms with Gasteiger partial charge in [0.1, 0.15) is 10.7 Å². The fraction of sp³-hybridized carbons (Fsp3) is 0.154. The van der Waals surface area contributed by atoms with Crippen molar-refractivity contribution in [3.8, 4) is 22.9 Å². The first-order chi connectivity index (χ1) is 8.79. The molecular weight excluding hydrogens is 244 g/mol. The first-order valence-corrected chi connectivity index (χ1v) is 6.80. The summed E-state index contributed by atoms with van der Waals surface area (Å²) in [6.45, 7) is 0. The second-order valence-electron chi connectivity index (χ2n) is 3.95. The van der Waals surface area contributed by atoms with Crippen LogP contribution in [0.15, 0.2) is 41.7 Å². The van der Waals surface area contributed by atoms with E-state index in [0.717, 1.165) is 27.9 Å². The van der Waals surface area contributed by atoms with Gasteiger partial charge in [0.25, 0.3) is 0 Å². The Morgan fingerprint density at radius 2 is 1.89 bits per heavy atom. The van der Waals surface area contributed by atoms with Gasteiger partial charge in [0, 0.05) is 12.6 Å². The van der Waals surface area contributed by atoms with Gasteiger partial charge in [-0.3, -0.25) is 0 Å². The second-order valence-corrected chi connectivity index (χ2v) is 4.75. The molecule has 4 nitrogen and oxygen atoms in total. The van der Waals surface area contributed by atoms with E-state index in [-0.39, 0.29) is 0 Å². The molecule has 0 saturated carbocycles. The Bertz CT molecular complexity index is 648. The van der Waals surface area contributed by atoms with Gasteiger partial charge < -0.3 is 4.57 Å². The predicted molar refractivity (Wildman–Crippen MR) is 72.6 cm³/mol. The molecule has 0 amide bonds. The van der Waals surface area contributed by atoms with Crippen molar-refractivity contribution in [2.75, 3.05) is 6.26 Å². The molecule has 2 heterocycles. The average Bonchev–Trinajstić information content (AvgIpc) is 2.86. The van der Waals surface area contributed by atoms with Crippen molar-refractivity contribution in [2.24, 2.45) is 7.05 Å². The number of aryl methyl sites for hydroxylation is 1. The van der Waals surface area contributed by atoms with E-state index < -0.39 is 0 Å². The molecule has 0 spiro atoms. The minimum Gasteiger partial charge on any atom is -0.318 e. The Kier molecular flexibility index (Phi) is 2.76. The molecule has 3 rings (SSSR count). The lowest BCUT2D eigenvalue weighted by molar-refractivity contribution is 0.823. The number of thioether (sulfide) groups is 1. The van der Waals surface area contributed by atoms with Gasteiger partial charge >= 0.3 is 0 Å². The van der Waals surface area contributed by atoms with Gasteiger partial charge in [0.2, 0.25) is 0 Å². The summed E-state index contributed by atoms with van der Waals surface area (Å²) in [7, 11) is 1.93. The van der Waals surface area contributed by atoms with Crippen molar-refractivity contribution in [3.05, 3.63) is 36.7 Å². The molecule has 0 N–H and O–H groups in total. The molecule has 2 aliphatic rings. The van der Waals surface area contributed by atoms with Gasteiger partial charge in [-0.25, -0.2) is 15.0 Å². The van der Waals surface area contributed by atoms with Crippen molar-refractivity contribution in [3.63, 3.8) is 0 Å². The summed E-state index contributed by atoms with van der Waals surface area (Å²) >= 11 is 1.59. The SMILES string of the molecule is CSc1ncn(C)c2nc(-c3ccccc3)nc1-2.